The summed E-state index contributed by atoms with van der Waals surface area (Å²) in [7, 11) is 0. The largest absolute Gasteiger partial charge is 0.493 e. The molecule has 0 atom stereocenters. The van der Waals surface area contributed by atoms with E-state index >= 15 is 0 Å². The minimum atomic E-state index is 0.197. The van der Waals surface area contributed by atoms with E-state index in [0.717, 1.165) is 28.9 Å². The second kappa shape index (κ2) is 8.62. The van der Waals surface area contributed by atoms with Gasteiger partial charge in [-0.1, -0.05) is 37.3 Å². The van der Waals surface area contributed by atoms with Crippen LogP contribution < -0.4 is 9.47 Å². The molecule has 0 spiro atoms. The van der Waals surface area contributed by atoms with Crippen molar-refractivity contribution in [1.29, 1.82) is 0 Å². The average molecular weight is 423 g/mol. The van der Waals surface area contributed by atoms with Crippen LogP contribution in [0.15, 0.2) is 46.9 Å². The Kier molecular flexibility index (Phi) is 5.76. The van der Waals surface area contributed by atoms with E-state index in [2.05, 4.69) is 22.0 Å². The average Bonchev–Trinajstić information content (AvgIpc) is 3.18. The van der Waals surface area contributed by atoms with Crippen LogP contribution in [0.5, 0.6) is 11.5 Å². The molecule has 0 radical (unpaired) electrons. The van der Waals surface area contributed by atoms with Gasteiger partial charge in [0.25, 0.3) is 5.89 Å². The molecule has 0 aliphatic rings. The second-order valence-electron chi connectivity index (χ2n) is 6.47. The molecule has 0 amide bonds. The molecule has 0 saturated heterocycles. The highest BCUT2D eigenvalue weighted by atomic mass is 32.1. The zero-order chi connectivity index (χ0) is 21.1. The van der Waals surface area contributed by atoms with E-state index in [-0.39, 0.29) is 10.6 Å². The molecule has 0 aliphatic carbocycles. The Bertz CT molecular complexity index is 1230. The van der Waals surface area contributed by atoms with Crippen LogP contribution in [-0.2, 0) is 6.42 Å². The number of aryl methyl sites for hydroxylation is 1. The maximum absolute atomic E-state index is 6.00. The highest BCUT2D eigenvalue weighted by Gasteiger charge is 2.20. The molecule has 4 aromatic rings. The van der Waals surface area contributed by atoms with Gasteiger partial charge in [0.2, 0.25) is 4.77 Å². The molecule has 0 fully saturated rings. The topological polar surface area (TPSA) is 74.7 Å². The zero-order valence-electron chi connectivity index (χ0n) is 17.1. The highest BCUT2D eigenvalue weighted by Crippen LogP contribution is 2.37. The monoisotopic (exact) mass is 422 g/mol. The van der Waals surface area contributed by atoms with Gasteiger partial charge in [-0.05, 0) is 44.1 Å². The summed E-state index contributed by atoms with van der Waals surface area (Å²) in [6.07, 6.45) is 0.799. The summed E-state index contributed by atoms with van der Waals surface area (Å²) in [6.45, 7) is 7.05. The number of hydrogen-bond donors (Lipinski definition) is 0. The smallest absolute Gasteiger partial charge is 0.329 e. The molecule has 154 valence electrons. The van der Waals surface area contributed by atoms with E-state index in [1.54, 1.807) is 4.52 Å². The van der Waals surface area contributed by atoms with Crippen LogP contribution in [0.4, 0.5) is 0 Å². The Morgan fingerprint density at radius 2 is 1.70 bits per heavy atom. The van der Waals surface area contributed by atoms with Crippen LogP contribution in [0, 0.1) is 4.77 Å². The molecule has 2 heterocycles. The number of rotatable bonds is 7. The van der Waals surface area contributed by atoms with Gasteiger partial charge in [-0.25, -0.2) is 0 Å². The summed E-state index contributed by atoms with van der Waals surface area (Å²) >= 11 is 5.24. The van der Waals surface area contributed by atoms with Crippen LogP contribution in [0.25, 0.3) is 28.7 Å². The fourth-order valence-electron chi connectivity index (χ4n) is 3.23. The molecular formula is C22H22N4O3S. The van der Waals surface area contributed by atoms with Gasteiger partial charge in [0, 0.05) is 11.6 Å². The van der Waals surface area contributed by atoms with Crippen LogP contribution in [0.1, 0.15) is 26.3 Å². The van der Waals surface area contributed by atoms with Gasteiger partial charge in [-0.2, -0.15) is 14.5 Å². The van der Waals surface area contributed by atoms with Crippen molar-refractivity contribution in [3.8, 4) is 34.3 Å². The summed E-state index contributed by atoms with van der Waals surface area (Å²) in [6, 6.07) is 13.6. The number of fused-ring (bicyclic) bond motifs is 1. The molecular weight excluding hydrogens is 400 g/mol. The van der Waals surface area contributed by atoms with Gasteiger partial charge in [-0.3, -0.25) is 0 Å². The first kappa shape index (κ1) is 20.0. The molecule has 30 heavy (non-hydrogen) atoms. The highest BCUT2D eigenvalue weighted by molar-refractivity contribution is 7.71. The Hall–Kier alpha value is -3.26. The first-order chi connectivity index (χ1) is 14.6. The van der Waals surface area contributed by atoms with E-state index in [4.69, 9.17) is 26.1 Å². The van der Waals surface area contributed by atoms with Gasteiger partial charge >= 0.3 is 5.84 Å². The maximum atomic E-state index is 6.00. The molecule has 8 heteroatoms. The van der Waals surface area contributed by atoms with Crippen molar-refractivity contribution in [2.45, 2.75) is 27.2 Å². The van der Waals surface area contributed by atoms with Gasteiger partial charge in [0.15, 0.2) is 5.82 Å². The minimum absolute atomic E-state index is 0.197. The molecule has 0 bridgehead atoms. The van der Waals surface area contributed by atoms with Gasteiger partial charge in [0.05, 0.1) is 18.8 Å². The second-order valence-corrected chi connectivity index (χ2v) is 6.84. The molecule has 4 rings (SSSR count). The van der Waals surface area contributed by atoms with E-state index in [0.29, 0.717) is 30.7 Å². The van der Waals surface area contributed by atoms with Crippen molar-refractivity contribution >= 4 is 18.1 Å². The van der Waals surface area contributed by atoms with Crippen LogP contribution in [-0.4, -0.2) is 32.8 Å². The lowest BCUT2D eigenvalue weighted by Gasteiger charge is -2.14. The number of nitrogens with zero attached hydrogens (tertiary/aromatic N) is 4. The lowest BCUT2D eigenvalue weighted by molar-refractivity contribution is 0.321. The third-order valence-electron chi connectivity index (χ3n) is 4.56. The normalized spacial score (nSPS) is 11.0. The lowest BCUT2D eigenvalue weighted by atomic mass is 10.1. The fourth-order valence-corrected chi connectivity index (χ4v) is 3.40. The zero-order valence-corrected chi connectivity index (χ0v) is 17.9. The minimum Gasteiger partial charge on any atom is -0.493 e. The molecule has 0 unspecified atom stereocenters. The van der Waals surface area contributed by atoms with E-state index in [1.165, 1.54) is 0 Å². The van der Waals surface area contributed by atoms with E-state index < -0.39 is 0 Å². The summed E-state index contributed by atoms with van der Waals surface area (Å²) in [5.74, 6) is 2.66. The van der Waals surface area contributed by atoms with Crippen LogP contribution in [0.2, 0.25) is 0 Å². The van der Waals surface area contributed by atoms with Crippen molar-refractivity contribution in [2.24, 2.45) is 0 Å². The predicted octanol–water partition coefficient (Wildman–Crippen LogP) is 5.14. The quantitative estimate of drug-likeness (QED) is 0.382. The van der Waals surface area contributed by atoms with Crippen molar-refractivity contribution in [3.63, 3.8) is 0 Å². The number of ether oxygens (including phenoxy) is 2. The van der Waals surface area contributed by atoms with Crippen LogP contribution >= 0.6 is 12.2 Å². The first-order valence-corrected chi connectivity index (χ1v) is 10.3. The number of benzene rings is 2. The predicted molar refractivity (Wildman–Crippen MR) is 116 cm³/mol. The molecule has 2 aromatic heterocycles. The maximum Gasteiger partial charge on any atom is 0.329 e. The third kappa shape index (κ3) is 3.78. The molecule has 7 nitrogen and oxygen atoms in total. The number of aromatic nitrogens is 4. The summed E-state index contributed by atoms with van der Waals surface area (Å²) in [5.41, 5.74) is 2.64. The Balaban J connectivity index is 1.93. The van der Waals surface area contributed by atoms with Crippen molar-refractivity contribution in [3.05, 3.63) is 52.8 Å². The Labute approximate surface area is 179 Å². The summed E-state index contributed by atoms with van der Waals surface area (Å²) in [4.78, 5) is 8.65. The standard InChI is InChI=1S/C22H22N4O3S/c1-4-14-12-16(18(28-6-3)13-17(14)27-5-2)20-25-26-19(15-10-8-7-9-11-15)23-21(30)24-22(26)29-20/h7-13H,4-6H2,1-3H3. The lowest BCUT2D eigenvalue weighted by Crippen LogP contribution is -2.02. The summed E-state index contributed by atoms with van der Waals surface area (Å²) < 4.78 is 19.4. The third-order valence-corrected chi connectivity index (χ3v) is 4.74. The molecule has 2 aromatic carbocycles. The fraction of sp³-hybridized carbons (Fsp3) is 0.273. The van der Waals surface area contributed by atoms with Gasteiger partial charge in [0.1, 0.15) is 11.5 Å². The number of hydrogen-bond acceptors (Lipinski definition) is 7. The van der Waals surface area contributed by atoms with Gasteiger partial charge in [-0.15, -0.1) is 5.10 Å². The Morgan fingerprint density at radius 1 is 0.967 bits per heavy atom. The molecule has 0 N–H and O–H groups in total. The first-order valence-electron chi connectivity index (χ1n) is 9.90. The SMILES string of the molecule is CCOc1cc(OCC)c(-c2nn3c(-c4ccccc4)nc(=S)nc3o2)cc1CC. The van der Waals surface area contributed by atoms with Crippen molar-refractivity contribution in [2.75, 3.05) is 13.2 Å². The van der Waals surface area contributed by atoms with E-state index in [1.807, 2.05) is 56.3 Å². The molecule has 0 aliphatic heterocycles. The van der Waals surface area contributed by atoms with Gasteiger partial charge < -0.3 is 13.9 Å². The van der Waals surface area contributed by atoms with E-state index in [9.17, 15) is 0 Å². The molecule has 0 saturated carbocycles. The van der Waals surface area contributed by atoms with Crippen molar-refractivity contribution in [1.82, 2.24) is 19.6 Å². The summed E-state index contributed by atoms with van der Waals surface area (Å²) in [5, 5.41) is 4.65. The Morgan fingerprint density at radius 3 is 2.40 bits per heavy atom. The van der Waals surface area contributed by atoms with Crippen molar-refractivity contribution < 1.29 is 13.9 Å². The van der Waals surface area contributed by atoms with Crippen LogP contribution in [0.3, 0.4) is 0 Å².